The number of H-pyrrole nitrogens is 1. The lowest BCUT2D eigenvalue weighted by Crippen LogP contribution is -2.04. The second kappa shape index (κ2) is 3.01. The number of hydrogen-bond acceptors (Lipinski definition) is 3. The van der Waals surface area contributed by atoms with E-state index in [1.807, 2.05) is 0 Å². The summed E-state index contributed by atoms with van der Waals surface area (Å²) in [6.45, 7) is 0. The van der Waals surface area contributed by atoms with Crippen molar-refractivity contribution < 1.29 is 18.3 Å². The number of alkyl halides is 3. The normalized spacial score (nSPS) is 11.9. The van der Waals surface area contributed by atoms with Crippen molar-refractivity contribution in [3.63, 3.8) is 0 Å². The maximum absolute atomic E-state index is 12.2. The number of nitrogens with zero attached hydrogens (tertiary/aromatic N) is 3. The lowest BCUT2D eigenvalue weighted by atomic mass is 10.4. The van der Waals surface area contributed by atoms with Crippen molar-refractivity contribution in [2.24, 2.45) is 0 Å². The van der Waals surface area contributed by atoms with Gasteiger partial charge in [0.2, 0.25) is 5.88 Å². The van der Waals surface area contributed by atoms with Gasteiger partial charge >= 0.3 is 6.18 Å². The van der Waals surface area contributed by atoms with Crippen LogP contribution >= 0.6 is 0 Å². The summed E-state index contributed by atoms with van der Waals surface area (Å²) >= 11 is 0. The molecule has 2 aromatic heterocycles. The zero-order chi connectivity index (χ0) is 11.1. The van der Waals surface area contributed by atoms with Crippen LogP contribution in [0.1, 0.15) is 5.69 Å². The van der Waals surface area contributed by atoms with E-state index in [9.17, 15) is 18.3 Å². The Balaban J connectivity index is 2.41. The molecule has 0 unspecified atom stereocenters. The van der Waals surface area contributed by atoms with E-state index in [0.29, 0.717) is 0 Å². The minimum Gasteiger partial charge on any atom is -0.493 e. The molecule has 0 bridgehead atoms. The maximum atomic E-state index is 12.2. The summed E-state index contributed by atoms with van der Waals surface area (Å²) in [7, 11) is 0. The van der Waals surface area contributed by atoms with E-state index in [1.165, 1.54) is 12.3 Å². The fourth-order valence-electron chi connectivity index (χ4n) is 1.05. The smallest absolute Gasteiger partial charge is 0.435 e. The molecule has 0 saturated carbocycles. The number of halogens is 3. The highest BCUT2D eigenvalue weighted by molar-refractivity contribution is 5.28. The van der Waals surface area contributed by atoms with Crippen molar-refractivity contribution >= 4 is 0 Å². The lowest BCUT2D eigenvalue weighted by Gasteiger charge is -1.99. The summed E-state index contributed by atoms with van der Waals surface area (Å²) in [5, 5.41) is 18.0. The maximum Gasteiger partial charge on any atom is 0.435 e. The monoisotopic (exact) mass is 218 g/mol. The molecule has 5 nitrogen and oxygen atoms in total. The van der Waals surface area contributed by atoms with Crippen LogP contribution in [0.5, 0.6) is 5.88 Å². The Morgan fingerprint density at radius 1 is 1.40 bits per heavy atom. The van der Waals surface area contributed by atoms with Crippen LogP contribution in [0.2, 0.25) is 0 Å². The second-order valence-electron chi connectivity index (χ2n) is 2.74. The van der Waals surface area contributed by atoms with Crippen LogP contribution in [-0.2, 0) is 6.18 Å². The lowest BCUT2D eigenvalue weighted by molar-refractivity contribution is -0.141. The van der Waals surface area contributed by atoms with Gasteiger partial charge in [0, 0.05) is 12.1 Å². The van der Waals surface area contributed by atoms with Gasteiger partial charge in [0.05, 0.1) is 6.20 Å². The molecule has 80 valence electrons. The summed E-state index contributed by atoms with van der Waals surface area (Å²) in [5.74, 6) is -0.322. The van der Waals surface area contributed by atoms with Crippen LogP contribution in [0.4, 0.5) is 13.2 Å². The van der Waals surface area contributed by atoms with Gasteiger partial charge in [-0.15, -0.1) is 0 Å². The SMILES string of the molecule is Oc1ccnn1-c1cc(C(F)(F)F)n[nH]1. The minimum atomic E-state index is -4.52. The van der Waals surface area contributed by atoms with Crippen molar-refractivity contribution in [1.82, 2.24) is 20.0 Å². The highest BCUT2D eigenvalue weighted by Gasteiger charge is 2.34. The van der Waals surface area contributed by atoms with E-state index in [2.05, 4.69) is 15.3 Å². The summed E-state index contributed by atoms with van der Waals surface area (Å²) in [6, 6.07) is 2.00. The highest BCUT2D eigenvalue weighted by atomic mass is 19.4. The van der Waals surface area contributed by atoms with Crippen LogP contribution in [-0.4, -0.2) is 25.1 Å². The van der Waals surface area contributed by atoms with E-state index in [0.717, 1.165) is 10.7 Å². The summed E-state index contributed by atoms with van der Waals surface area (Å²) in [4.78, 5) is 0. The molecule has 0 saturated heterocycles. The molecule has 0 fully saturated rings. The van der Waals surface area contributed by atoms with Gasteiger partial charge in [-0.3, -0.25) is 5.10 Å². The number of nitrogens with one attached hydrogen (secondary N) is 1. The molecule has 0 aliphatic carbocycles. The van der Waals surface area contributed by atoms with Crippen LogP contribution in [0.15, 0.2) is 18.3 Å². The molecule has 2 N–H and O–H groups in total. The third kappa shape index (κ3) is 1.65. The molecule has 15 heavy (non-hydrogen) atoms. The van der Waals surface area contributed by atoms with Gasteiger partial charge in [-0.1, -0.05) is 0 Å². The Bertz CT molecular complexity index is 473. The molecule has 0 atom stereocenters. The Morgan fingerprint density at radius 2 is 2.13 bits per heavy atom. The molecule has 8 heteroatoms. The van der Waals surface area contributed by atoms with Crippen molar-refractivity contribution in [3.8, 4) is 11.7 Å². The molecule has 0 aliphatic heterocycles. The fraction of sp³-hybridized carbons (Fsp3) is 0.143. The number of rotatable bonds is 1. The standard InChI is InChI=1S/C7H5F3N4O/c8-7(9,10)4-3-5(13-12-4)14-6(15)1-2-11-14/h1-3,15H,(H,12,13). The molecule has 0 radical (unpaired) electrons. The van der Waals surface area contributed by atoms with Crippen molar-refractivity contribution in [2.45, 2.75) is 6.18 Å². The van der Waals surface area contributed by atoms with Gasteiger partial charge in [-0.2, -0.15) is 28.1 Å². The van der Waals surface area contributed by atoms with Gasteiger partial charge in [0.15, 0.2) is 11.5 Å². The first-order chi connectivity index (χ1) is 6.98. The topological polar surface area (TPSA) is 66.7 Å². The van der Waals surface area contributed by atoms with Crippen molar-refractivity contribution in [2.75, 3.05) is 0 Å². The van der Waals surface area contributed by atoms with Gasteiger partial charge in [0.1, 0.15) is 0 Å². The number of aromatic amines is 1. The average molecular weight is 218 g/mol. The van der Waals surface area contributed by atoms with Crippen LogP contribution in [0, 0.1) is 0 Å². The van der Waals surface area contributed by atoms with Gasteiger partial charge < -0.3 is 5.11 Å². The van der Waals surface area contributed by atoms with Crippen molar-refractivity contribution in [3.05, 3.63) is 24.0 Å². The quantitative estimate of drug-likeness (QED) is 0.758. The highest BCUT2D eigenvalue weighted by Crippen LogP contribution is 2.28. The number of aromatic hydroxyl groups is 1. The predicted molar refractivity (Wildman–Crippen MR) is 42.4 cm³/mol. The third-order valence-electron chi connectivity index (χ3n) is 1.71. The summed E-state index contributed by atoms with van der Waals surface area (Å²) < 4.78 is 37.4. The van der Waals surface area contributed by atoms with Gasteiger partial charge in [0.25, 0.3) is 0 Å². The molecule has 2 rings (SSSR count). The molecule has 0 aromatic carbocycles. The first-order valence-corrected chi connectivity index (χ1v) is 3.84. The van der Waals surface area contributed by atoms with E-state index < -0.39 is 11.9 Å². The van der Waals surface area contributed by atoms with Gasteiger partial charge in [-0.05, 0) is 0 Å². The Hall–Kier alpha value is -1.99. The van der Waals surface area contributed by atoms with Crippen LogP contribution in [0.3, 0.4) is 0 Å². The first kappa shape index (κ1) is 9.56. The largest absolute Gasteiger partial charge is 0.493 e. The van der Waals surface area contributed by atoms with E-state index in [-0.39, 0.29) is 11.7 Å². The van der Waals surface area contributed by atoms with E-state index >= 15 is 0 Å². The second-order valence-corrected chi connectivity index (χ2v) is 2.74. The molecule has 0 amide bonds. The Labute approximate surface area is 81.1 Å². The van der Waals surface area contributed by atoms with Crippen molar-refractivity contribution in [1.29, 1.82) is 0 Å². The third-order valence-corrected chi connectivity index (χ3v) is 1.71. The Kier molecular flexibility index (Phi) is 1.92. The minimum absolute atomic E-state index is 0.0511. The van der Waals surface area contributed by atoms with E-state index in [4.69, 9.17) is 0 Å². The summed E-state index contributed by atoms with van der Waals surface area (Å²) in [5.41, 5.74) is -1.06. The zero-order valence-corrected chi connectivity index (χ0v) is 7.15. The number of hydrogen-bond donors (Lipinski definition) is 2. The predicted octanol–water partition coefficient (Wildman–Crippen LogP) is 1.32. The summed E-state index contributed by atoms with van der Waals surface area (Å²) in [6.07, 6.45) is -3.26. The molecule has 0 spiro atoms. The molecule has 0 aliphatic rings. The molecule has 2 aromatic rings. The first-order valence-electron chi connectivity index (χ1n) is 3.84. The van der Waals surface area contributed by atoms with Crippen LogP contribution in [0.25, 0.3) is 5.82 Å². The Morgan fingerprint density at radius 3 is 2.60 bits per heavy atom. The molecule has 2 heterocycles. The average Bonchev–Trinajstić information content (AvgIpc) is 2.69. The molecular formula is C7H5F3N4O. The van der Waals surface area contributed by atoms with Crippen LogP contribution < -0.4 is 0 Å². The molecular weight excluding hydrogens is 213 g/mol. The zero-order valence-electron chi connectivity index (χ0n) is 7.15. The number of aromatic nitrogens is 4. The fourth-order valence-corrected chi connectivity index (χ4v) is 1.05. The van der Waals surface area contributed by atoms with Gasteiger partial charge in [-0.25, -0.2) is 0 Å². The van der Waals surface area contributed by atoms with E-state index in [1.54, 1.807) is 0 Å².